The van der Waals surface area contributed by atoms with Crippen LogP contribution in [0.4, 0.5) is 5.69 Å². The Balaban J connectivity index is 1.94. The average Bonchev–Trinajstić information content (AvgIpc) is 2.56. The van der Waals surface area contributed by atoms with Gasteiger partial charge in [-0.2, -0.15) is 0 Å². The van der Waals surface area contributed by atoms with E-state index in [0.29, 0.717) is 0 Å². The summed E-state index contributed by atoms with van der Waals surface area (Å²) in [7, 11) is 0. The predicted molar refractivity (Wildman–Crippen MR) is 98.0 cm³/mol. The van der Waals surface area contributed by atoms with E-state index < -0.39 is 0 Å². The Morgan fingerprint density at radius 3 is 2.61 bits per heavy atom. The van der Waals surface area contributed by atoms with Crippen LogP contribution in [0.2, 0.25) is 0 Å². The van der Waals surface area contributed by atoms with Gasteiger partial charge < -0.3 is 4.90 Å². The van der Waals surface area contributed by atoms with Crippen molar-refractivity contribution < 1.29 is 4.57 Å². The fraction of sp³-hybridized carbons (Fsp3) is 0.190. The molecular formula is C21H23N2+. The van der Waals surface area contributed by atoms with Crippen LogP contribution in [-0.2, 0) is 6.54 Å². The van der Waals surface area contributed by atoms with Crippen LogP contribution in [0.5, 0.6) is 0 Å². The zero-order valence-corrected chi connectivity index (χ0v) is 13.9. The van der Waals surface area contributed by atoms with Crippen LogP contribution in [-0.4, -0.2) is 6.54 Å². The first kappa shape index (κ1) is 15.3. The van der Waals surface area contributed by atoms with Crippen molar-refractivity contribution in [1.29, 1.82) is 0 Å². The molecule has 3 rings (SSSR count). The van der Waals surface area contributed by atoms with Gasteiger partial charge in [-0.1, -0.05) is 24.8 Å². The molecule has 0 saturated carbocycles. The van der Waals surface area contributed by atoms with Gasteiger partial charge in [0.1, 0.15) is 0 Å². The second-order valence-electron chi connectivity index (χ2n) is 5.83. The molecule has 1 aliphatic heterocycles. The summed E-state index contributed by atoms with van der Waals surface area (Å²) < 4.78 is 2.11. The first-order valence-electron chi connectivity index (χ1n) is 8.09. The minimum atomic E-state index is 0.838. The maximum atomic E-state index is 3.77. The van der Waals surface area contributed by atoms with E-state index in [1.165, 1.54) is 28.1 Å². The largest absolute Gasteiger partial charge is 0.341 e. The van der Waals surface area contributed by atoms with Gasteiger partial charge in [-0.05, 0) is 54.8 Å². The molecule has 0 atom stereocenters. The summed E-state index contributed by atoms with van der Waals surface area (Å²) in [6.07, 6.45) is 12.7. The Hall–Kier alpha value is -2.61. The molecule has 1 aromatic heterocycles. The zero-order chi connectivity index (χ0) is 16.2. The Morgan fingerprint density at radius 1 is 1.13 bits per heavy atom. The molecule has 1 aliphatic rings. The average molecular weight is 303 g/mol. The summed E-state index contributed by atoms with van der Waals surface area (Å²) in [6, 6.07) is 10.9. The Labute approximate surface area is 138 Å². The fourth-order valence-electron chi connectivity index (χ4n) is 2.92. The van der Waals surface area contributed by atoms with Crippen LogP contribution in [0.1, 0.15) is 23.6 Å². The predicted octanol–water partition coefficient (Wildman–Crippen LogP) is 4.36. The molecule has 23 heavy (non-hydrogen) atoms. The van der Waals surface area contributed by atoms with Crippen LogP contribution in [0.15, 0.2) is 67.2 Å². The molecule has 0 fully saturated rings. The van der Waals surface area contributed by atoms with Crippen molar-refractivity contribution in [1.82, 2.24) is 0 Å². The smallest absolute Gasteiger partial charge is 0.169 e. The number of aromatic nitrogens is 1. The Morgan fingerprint density at radius 2 is 1.91 bits per heavy atom. The zero-order valence-electron chi connectivity index (χ0n) is 13.9. The van der Waals surface area contributed by atoms with Gasteiger partial charge in [0, 0.05) is 30.1 Å². The summed E-state index contributed by atoms with van der Waals surface area (Å²) in [4.78, 5) is 2.37. The van der Waals surface area contributed by atoms with Crippen molar-refractivity contribution in [3.63, 3.8) is 0 Å². The third-order valence-electron chi connectivity index (χ3n) is 4.11. The van der Waals surface area contributed by atoms with Gasteiger partial charge in [-0.15, -0.1) is 0 Å². The molecule has 1 aromatic carbocycles. The molecule has 2 aromatic rings. The summed E-state index contributed by atoms with van der Waals surface area (Å²) in [5, 5.41) is 0. The van der Waals surface area contributed by atoms with Crippen LogP contribution in [0.25, 0.3) is 12.2 Å². The number of rotatable bonds is 4. The van der Waals surface area contributed by atoms with E-state index in [2.05, 4.69) is 90.8 Å². The quantitative estimate of drug-likeness (QED) is 0.601. The highest BCUT2D eigenvalue weighted by molar-refractivity contribution is 5.80. The van der Waals surface area contributed by atoms with Crippen molar-refractivity contribution in [2.75, 3.05) is 11.4 Å². The number of aryl methyl sites for hydroxylation is 1. The molecule has 0 aliphatic carbocycles. The summed E-state index contributed by atoms with van der Waals surface area (Å²) in [5.41, 5.74) is 6.30. The molecule has 2 nitrogen and oxygen atoms in total. The molecule has 2 heterocycles. The molecule has 0 amide bonds. The van der Waals surface area contributed by atoms with Crippen molar-refractivity contribution in [2.45, 2.75) is 20.4 Å². The number of pyridine rings is 1. The highest BCUT2D eigenvalue weighted by atomic mass is 15.1. The maximum absolute atomic E-state index is 3.77. The first-order valence-corrected chi connectivity index (χ1v) is 8.09. The van der Waals surface area contributed by atoms with Crippen LogP contribution in [0.3, 0.4) is 0 Å². The second kappa shape index (κ2) is 6.66. The third kappa shape index (κ3) is 3.26. The topological polar surface area (TPSA) is 7.12 Å². The Kier molecular flexibility index (Phi) is 4.42. The number of likely N-dealkylation sites (N-methyl/N-ethyl adjacent to an activating group) is 1. The number of anilines is 1. The van der Waals surface area contributed by atoms with Crippen molar-refractivity contribution in [2.24, 2.45) is 0 Å². The monoisotopic (exact) mass is 303 g/mol. The lowest BCUT2D eigenvalue weighted by atomic mass is 10.0. The third-order valence-corrected chi connectivity index (χ3v) is 4.11. The maximum Gasteiger partial charge on any atom is 0.169 e. The highest BCUT2D eigenvalue weighted by Crippen LogP contribution is 2.32. The minimum absolute atomic E-state index is 0.838. The van der Waals surface area contributed by atoms with Crippen molar-refractivity contribution in [3.8, 4) is 0 Å². The number of hydrogen-bond acceptors (Lipinski definition) is 1. The SMILES string of the molecule is C=CC[n+]1ccc(/C=C2/C=Cc3ccc(C)cc3N2CC)cc1. The molecule has 0 saturated heterocycles. The minimum Gasteiger partial charge on any atom is -0.341 e. The molecule has 2 heteroatoms. The lowest BCUT2D eigenvalue weighted by molar-refractivity contribution is -0.687. The molecule has 0 radical (unpaired) electrons. The fourth-order valence-corrected chi connectivity index (χ4v) is 2.92. The van der Waals surface area contributed by atoms with Gasteiger partial charge in [-0.3, -0.25) is 0 Å². The summed E-state index contributed by atoms with van der Waals surface area (Å²) >= 11 is 0. The van der Waals surface area contributed by atoms with E-state index >= 15 is 0 Å². The molecule has 116 valence electrons. The van der Waals surface area contributed by atoms with Gasteiger partial charge in [0.15, 0.2) is 18.9 Å². The van der Waals surface area contributed by atoms with Crippen molar-refractivity contribution >= 4 is 17.8 Å². The molecular weight excluding hydrogens is 280 g/mol. The second-order valence-corrected chi connectivity index (χ2v) is 5.83. The number of nitrogens with zero attached hydrogens (tertiary/aromatic N) is 2. The highest BCUT2D eigenvalue weighted by Gasteiger charge is 2.16. The summed E-state index contributed by atoms with van der Waals surface area (Å²) in [6.45, 7) is 9.91. The van der Waals surface area contributed by atoms with Crippen LogP contribution < -0.4 is 9.47 Å². The van der Waals surface area contributed by atoms with E-state index in [9.17, 15) is 0 Å². The number of fused-ring (bicyclic) bond motifs is 1. The van der Waals surface area contributed by atoms with E-state index in [1.807, 2.05) is 6.08 Å². The van der Waals surface area contributed by atoms with Crippen LogP contribution in [0, 0.1) is 6.92 Å². The Bertz CT molecular complexity index is 767. The van der Waals surface area contributed by atoms with Gasteiger partial charge in [-0.25, -0.2) is 4.57 Å². The van der Waals surface area contributed by atoms with Gasteiger partial charge >= 0.3 is 0 Å². The lowest BCUT2D eigenvalue weighted by Crippen LogP contribution is -2.31. The van der Waals surface area contributed by atoms with Crippen LogP contribution >= 0.6 is 0 Å². The lowest BCUT2D eigenvalue weighted by Gasteiger charge is -2.29. The van der Waals surface area contributed by atoms with Gasteiger partial charge in [0.25, 0.3) is 0 Å². The number of hydrogen-bond donors (Lipinski definition) is 0. The normalized spacial score (nSPS) is 14.9. The van der Waals surface area contributed by atoms with Gasteiger partial charge in [0.05, 0.1) is 0 Å². The van der Waals surface area contributed by atoms with E-state index in [-0.39, 0.29) is 0 Å². The van der Waals surface area contributed by atoms with E-state index in [1.54, 1.807) is 0 Å². The first-order chi connectivity index (χ1) is 11.2. The van der Waals surface area contributed by atoms with Gasteiger partial charge in [0.2, 0.25) is 0 Å². The number of allylic oxidation sites excluding steroid dienone is 2. The summed E-state index contributed by atoms with van der Waals surface area (Å²) in [5.74, 6) is 0. The van der Waals surface area contributed by atoms with Crippen molar-refractivity contribution in [3.05, 3.63) is 83.8 Å². The molecule has 0 bridgehead atoms. The van der Waals surface area contributed by atoms with E-state index in [0.717, 1.165) is 13.1 Å². The number of benzene rings is 1. The molecule has 0 N–H and O–H groups in total. The molecule has 0 spiro atoms. The standard InChI is InChI=1S/C21H23N2/c1-4-12-22-13-10-18(11-14-22)16-20-9-8-19-7-6-17(3)15-21(19)23(20)5-2/h4,6-11,13-16H,1,5,12H2,2-3H3/q+1. The van der Waals surface area contributed by atoms with E-state index in [4.69, 9.17) is 0 Å². The molecule has 0 unspecified atom stereocenters.